The molecule has 0 unspecified atom stereocenters. The summed E-state index contributed by atoms with van der Waals surface area (Å²) in [7, 11) is 2.02. The van der Waals surface area contributed by atoms with Gasteiger partial charge in [0.05, 0.1) is 16.8 Å². The molecule has 0 spiro atoms. The van der Waals surface area contributed by atoms with E-state index < -0.39 is 0 Å². The van der Waals surface area contributed by atoms with Crippen LogP contribution < -0.4 is 4.90 Å². The number of hydrogen-bond donors (Lipinski definition) is 0. The number of nitrogens with zero attached hydrogens (tertiary/aromatic N) is 3. The highest BCUT2D eigenvalue weighted by Gasteiger charge is 2.38. The highest BCUT2D eigenvalue weighted by molar-refractivity contribution is 8.19. The van der Waals surface area contributed by atoms with E-state index in [1.807, 2.05) is 44.3 Å². The predicted octanol–water partition coefficient (Wildman–Crippen LogP) is 5.11. The zero-order valence-electron chi connectivity index (χ0n) is 15.5. The molecular weight excluding hydrogens is 374 g/mol. The van der Waals surface area contributed by atoms with Crippen molar-refractivity contribution in [2.45, 2.75) is 24.8 Å². The van der Waals surface area contributed by atoms with E-state index in [1.165, 1.54) is 16.7 Å². The molecule has 2 aromatic rings. The summed E-state index contributed by atoms with van der Waals surface area (Å²) in [6.07, 6.45) is 0. The Kier molecular flexibility index (Phi) is 5.02. The van der Waals surface area contributed by atoms with Crippen LogP contribution in [-0.4, -0.2) is 29.6 Å². The van der Waals surface area contributed by atoms with Crippen LogP contribution in [0.3, 0.4) is 0 Å². The summed E-state index contributed by atoms with van der Waals surface area (Å²) in [5.74, 6) is 0.0451. The number of anilines is 1. The van der Waals surface area contributed by atoms with Crippen molar-refractivity contribution in [3.8, 4) is 0 Å². The van der Waals surface area contributed by atoms with Gasteiger partial charge in [0.1, 0.15) is 4.91 Å². The molecule has 2 aliphatic heterocycles. The number of likely N-dealkylation sites (N-methyl/N-ethyl adjacent to an activating group) is 1. The van der Waals surface area contributed by atoms with Gasteiger partial charge in [0.2, 0.25) is 0 Å². The SMILES string of the molecule is CCN1C(=O)/C(=C2/Sc3ccccc3N2C)SC1=N[C@@H](C)c1ccccc1. The molecule has 4 nitrogen and oxygen atoms in total. The molecule has 1 amide bonds. The summed E-state index contributed by atoms with van der Waals surface area (Å²) in [5, 5.41) is 1.77. The Morgan fingerprint density at radius 3 is 2.44 bits per heavy atom. The quantitative estimate of drug-likeness (QED) is 0.677. The van der Waals surface area contributed by atoms with Gasteiger partial charge in [-0.1, -0.05) is 54.2 Å². The van der Waals surface area contributed by atoms with Crippen molar-refractivity contribution in [1.29, 1.82) is 0 Å². The lowest BCUT2D eigenvalue weighted by Crippen LogP contribution is -2.29. The van der Waals surface area contributed by atoms with Crippen molar-refractivity contribution in [3.05, 3.63) is 70.1 Å². The van der Waals surface area contributed by atoms with Crippen LogP contribution >= 0.6 is 23.5 Å². The van der Waals surface area contributed by atoms with Gasteiger partial charge < -0.3 is 4.90 Å². The number of thioether (sulfide) groups is 2. The third kappa shape index (κ3) is 3.28. The van der Waals surface area contributed by atoms with E-state index in [1.54, 1.807) is 16.7 Å². The average molecular weight is 396 g/mol. The van der Waals surface area contributed by atoms with Gasteiger partial charge >= 0.3 is 0 Å². The molecule has 1 fully saturated rings. The van der Waals surface area contributed by atoms with Gasteiger partial charge in [-0.15, -0.1) is 0 Å². The van der Waals surface area contributed by atoms with E-state index in [-0.39, 0.29) is 11.9 Å². The largest absolute Gasteiger partial charge is 0.337 e. The molecule has 4 rings (SSSR count). The maximum absolute atomic E-state index is 13.1. The van der Waals surface area contributed by atoms with Crippen LogP contribution in [0.25, 0.3) is 0 Å². The molecule has 0 bridgehead atoms. The monoisotopic (exact) mass is 395 g/mol. The van der Waals surface area contributed by atoms with Crippen LogP contribution in [0.15, 0.2) is 74.4 Å². The van der Waals surface area contributed by atoms with E-state index in [2.05, 4.69) is 36.1 Å². The Bertz CT molecular complexity index is 939. The fourth-order valence-electron chi connectivity index (χ4n) is 3.18. The number of rotatable bonds is 3. The predicted molar refractivity (Wildman–Crippen MR) is 115 cm³/mol. The molecule has 138 valence electrons. The van der Waals surface area contributed by atoms with Crippen molar-refractivity contribution in [2.24, 2.45) is 4.99 Å². The molecule has 1 atom stereocenters. The molecular formula is C21H21N3OS2. The van der Waals surface area contributed by atoms with Gasteiger partial charge in [0, 0.05) is 18.5 Å². The molecule has 1 saturated heterocycles. The molecule has 0 radical (unpaired) electrons. The summed E-state index contributed by atoms with van der Waals surface area (Å²) in [6.45, 7) is 4.68. The minimum atomic E-state index is 0.00561. The van der Waals surface area contributed by atoms with Gasteiger partial charge in [0.25, 0.3) is 5.91 Å². The number of carbonyl (C=O) groups is 1. The summed E-state index contributed by atoms with van der Waals surface area (Å²) < 4.78 is 0. The Balaban J connectivity index is 1.68. The van der Waals surface area contributed by atoms with E-state index >= 15 is 0 Å². The van der Waals surface area contributed by atoms with Crippen LogP contribution in [0.1, 0.15) is 25.5 Å². The number of para-hydroxylation sites is 1. The third-order valence-corrected chi connectivity index (χ3v) is 7.14. The zero-order valence-corrected chi connectivity index (χ0v) is 17.2. The van der Waals surface area contributed by atoms with Gasteiger partial charge in [-0.25, -0.2) is 0 Å². The van der Waals surface area contributed by atoms with E-state index in [0.717, 1.165) is 26.4 Å². The molecule has 27 heavy (non-hydrogen) atoms. The first-order valence-electron chi connectivity index (χ1n) is 8.97. The van der Waals surface area contributed by atoms with Crippen molar-refractivity contribution < 1.29 is 4.79 Å². The Hall–Kier alpha value is -2.18. The van der Waals surface area contributed by atoms with Gasteiger partial charge in [0.15, 0.2) is 5.17 Å². The topological polar surface area (TPSA) is 35.9 Å². The Morgan fingerprint density at radius 1 is 1.04 bits per heavy atom. The number of hydrogen-bond acceptors (Lipinski definition) is 5. The normalized spacial score (nSPS) is 21.9. The number of carbonyl (C=O) groups excluding carboxylic acids is 1. The average Bonchev–Trinajstić information content (AvgIpc) is 3.19. The molecule has 2 aliphatic rings. The first-order valence-corrected chi connectivity index (χ1v) is 10.6. The third-order valence-electron chi connectivity index (χ3n) is 4.70. The molecule has 0 saturated carbocycles. The summed E-state index contributed by atoms with van der Waals surface area (Å²) in [5.41, 5.74) is 2.29. The maximum atomic E-state index is 13.1. The lowest BCUT2D eigenvalue weighted by Gasteiger charge is -2.15. The number of amidine groups is 1. The van der Waals surface area contributed by atoms with Crippen LogP contribution in [-0.2, 0) is 4.79 Å². The number of benzene rings is 2. The van der Waals surface area contributed by atoms with Gasteiger partial charge in [-0.2, -0.15) is 0 Å². The second-order valence-electron chi connectivity index (χ2n) is 6.41. The fraction of sp³-hybridized carbons (Fsp3) is 0.238. The van der Waals surface area contributed by atoms with Crippen LogP contribution in [0.2, 0.25) is 0 Å². The van der Waals surface area contributed by atoms with Crippen molar-refractivity contribution in [1.82, 2.24) is 4.90 Å². The minimum Gasteiger partial charge on any atom is -0.337 e. The molecule has 2 heterocycles. The Labute approximate surface area is 168 Å². The van der Waals surface area contributed by atoms with Crippen molar-refractivity contribution in [3.63, 3.8) is 0 Å². The van der Waals surface area contributed by atoms with E-state index in [4.69, 9.17) is 4.99 Å². The molecule has 0 N–H and O–H groups in total. The van der Waals surface area contributed by atoms with Gasteiger partial charge in [-0.3, -0.25) is 14.7 Å². The smallest absolute Gasteiger partial charge is 0.269 e. The first-order chi connectivity index (χ1) is 13.1. The molecule has 0 aromatic heterocycles. The molecule has 6 heteroatoms. The first kappa shape index (κ1) is 18.2. The molecule has 0 aliphatic carbocycles. The van der Waals surface area contributed by atoms with Crippen LogP contribution in [0, 0.1) is 0 Å². The van der Waals surface area contributed by atoms with Crippen LogP contribution in [0.5, 0.6) is 0 Å². The van der Waals surface area contributed by atoms with Crippen molar-refractivity contribution in [2.75, 3.05) is 18.5 Å². The van der Waals surface area contributed by atoms with E-state index in [0.29, 0.717) is 6.54 Å². The number of aliphatic imine (C=N–C) groups is 1. The minimum absolute atomic E-state index is 0.00561. The van der Waals surface area contributed by atoms with Crippen molar-refractivity contribution >= 4 is 40.3 Å². The fourth-order valence-corrected chi connectivity index (χ4v) is 5.65. The van der Waals surface area contributed by atoms with Crippen LogP contribution in [0.4, 0.5) is 5.69 Å². The highest BCUT2D eigenvalue weighted by Crippen LogP contribution is 2.49. The zero-order chi connectivity index (χ0) is 19.0. The molecule has 2 aromatic carbocycles. The number of fused-ring (bicyclic) bond motifs is 1. The lowest BCUT2D eigenvalue weighted by atomic mass is 10.1. The number of amides is 1. The second-order valence-corrected chi connectivity index (χ2v) is 8.42. The van der Waals surface area contributed by atoms with E-state index in [9.17, 15) is 4.79 Å². The Morgan fingerprint density at radius 2 is 1.74 bits per heavy atom. The summed E-state index contributed by atoms with van der Waals surface area (Å²) >= 11 is 3.15. The highest BCUT2D eigenvalue weighted by atomic mass is 32.2. The maximum Gasteiger partial charge on any atom is 0.269 e. The lowest BCUT2D eigenvalue weighted by molar-refractivity contribution is -0.122. The van der Waals surface area contributed by atoms with Gasteiger partial charge in [-0.05, 0) is 43.3 Å². The second kappa shape index (κ2) is 7.44. The standard InChI is InChI=1S/C21H21N3OS2/c1-4-24-19(25)18(20-23(3)16-12-8-9-13-17(16)26-20)27-21(24)22-14(2)15-10-6-5-7-11-15/h5-14H,4H2,1-3H3/b20-18-,22-21?/t14-/m0/s1. The summed E-state index contributed by atoms with van der Waals surface area (Å²) in [4.78, 5) is 23.8. The summed E-state index contributed by atoms with van der Waals surface area (Å²) in [6, 6.07) is 18.4.